The lowest BCUT2D eigenvalue weighted by molar-refractivity contribution is -0.275. The van der Waals surface area contributed by atoms with Crippen LogP contribution in [0.1, 0.15) is 23.9 Å². The predicted molar refractivity (Wildman–Crippen MR) is 257 cm³/mol. The van der Waals surface area contributed by atoms with Gasteiger partial charge in [-0.15, -0.1) is 39.5 Å². The summed E-state index contributed by atoms with van der Waals surface area (Å²) in [7, 11) is 4.77. The Labute approximate surface area is 409 Å². The van der Waals surface area contributed by atoms with Gasteiger partial charge in [0.1, 0.15) is 40.3 Å². The fourth-order valence-corrected chi connectivity index (χ4v) is 7.13. The molecule has 0 aliphatic carbocycles. The smallest absolute Gasteiger partial charge is 0.497 e. The molecule has 5 N–H and O–H groups in total. The van der Waals surface area contributed by atoms with Crippen molar-refractivity contribution in [2.75, 3.05) is 26.8 Å². The number of ketones is 1. The Hall–Kier alpha value is -7.94. The number of carbonyl (C=O) groups is 1. The summed E-state index contributed by atoms with van der Waals surface area (Å²) in [6.45, 7) is 5.28. The van der Waals surface area contributed by atoms with Crippen molar-refractivity contribution in [2.45, 2.75) is 46.3 Å². The highest BCUT2D eigenvalue weighted by Crippen LogP contribution is 2.41. The molecule has 0 spiro atoms. The Kier molecular flexibility index (Phi) is 19.5. The number of rotatable bonds is 11. The lowest BCUT2D eigenvalue weighted by Gasteiger charge is -2.11. The number of hydrogen-bond donors (Lipinski definition) is 4. The summed E-state index contributed by atoms with van der Waals surface area (Å²) in [5.74, 6) is 6.66. The van der Waals surface area contributed by atoms with E-state index in [1.807, 2.05) is 62.4 Å². The quantitative estimate of drug-likeness (QED) is 0.0431. The number of halogens is 9. The Morgan fingerprint density at radius 2 is 0.986 bits per heavy atom. The molecule has 0 saturated carbocycles. The molecule has 379 valence electrons. The Morgan fingerprint density at radius 1 is 0.542 bits per heavy atom. The number of fused-ring (bicyclic) bond motifs is 2. The fraction of sp³-hybridized carbons (Fsp3) is 0.196. The first kappa shape index (κ1) is 56.7. The topological polar surface area (TPSA) is 142 Å². The summed E-state index contributed by atoms with van der Waals surface area (Å²) in [5, 5.41) is 1.25. The number of carbonyl (C=O) groups excluding carboxylic acids is 1. The van der Waals surface area contributed by atoms with Gasteiger partial charge in [-0.25, -0.2) is 0 Å². The van der Waals surface area contributed by atoms with E-state index in [-0.39, 0.29) is 31.4 Å². The summed E-state index contributed by atoms with van der Waals surface area (Å²) in [6, 6.07) is 36.3. The number of nitrogens with one attached hydrogen (secondary N) is 3. The number of benzene rings is 6. The van der Waals surface area contributed by atoms with E-state index in [2.05, 4.69) is 29.6 Å². The van der Waals surface area contributed by atoms with Gasteiger partial charge in [0.2, 0.25) is 0 Å². The molecule has 3 radical (unpaired) electrons. The molecule has 0 amide bonds. The second kappa shape index (κ2) is 24.8. The number of aryl methyl sites for hydroxylation is 2. The van der Waals surface area contributed by atoms with Gasteiger partial charge < -0.3 is 43.8 Å². The van der Waals surface area contributed by atoms with Crippen molar-refractivity contribution in [3.05, 3.63) is 150 Å². The average Bonchev–Trinajstić information content (AvgIpc) is 3.83. The lowest BCUT2D eigenvalue weighted by atomic mass is 10.0. The first-order valence-electron chi connectivity index (χ1n) is 21.0. The average molecular weight is 1010 g/mol. The van der Waals surface area contributed by atoms with Crippen LogP contribution in [-0.4, -0.2) is 64.6 Å². The molecular formula is C51H47BF9N4O7. The molecule has 0 saturated heterocycles. The zero-order chi connectivity index (χ0) is 52.1. The van der Waals surface area contributed by atoms with Gasteiger partial charge in [0, 0.05) is 71.3 Å². The van der Waals surface area contributed by atoms with Crippen LogP contribution in [0.5, 0.6) is 34.5 Å². The standard InChI is InChI=1S/2C17H14F3NO2.C10H12O2.C7H7F3N2O.B/c1-10-16(11-3-5-12(22-2)6-4-11)14-8-7-13(9-15(14)21-10)23-17(18,19)20;1-10-15(11-6-8-12(22-2)9-7-11)16-13(21-10)4-3-5-14(16)23-17(18,19)20;1-8(11)7-9-3-5-10(12-2)6-4-9;8-7(9,10)13-6-3-1-2-5(4-6)12-11;/h2*3-9,21H,1-2H3;3-6H,7H2,1-2H3;1-4,12H,11H2;. The molecule has 0 atom stereocenters. The summed E-state index contributed by atoms with van der Waals surface area (Å²) >= 11 is 0. The monoisotopic (exact) mass is 1010 g/mol. The molecule has 6 aromatic carbocycles. The van der Waals surface area contributed by atoms with E-state index in [0.717, 1.165) is 56.6 Å². The van der Waals surface area contributed by atoms with Crippen LogP contribution in [-0.2, 0) is 11.2 Å². The normalized spacial score (nSPS) is 11.1. The number of hydrazine groups is 1. The zero-order valence-corrected chi connectivity index (χ0v) is 39.3. The molecular weight excluding hydrogens is 962 g/mol. The van der Waals surface area contributed by atoms with E-state index in [1.54, 1.807) is 64.7 Å². The molecule has 72 heavy (non-hydrogen) atoms. The van der Waals surface area contributed by atoms with E-state index >= 15 is 0 Å². The van der Waals surface area contributed by atoms with Gasteiger partial charge in [-0.3, -0.25) is 10.6 Å². The number of H-pyrrole nitrogens is 2. The molecule has 8 aromatic rings. The molecule has 2 aromatic heterocycles. The molecule has 0 bridgehead atoms. The van der Waals surface area contributed by atoms with Gasteiger partial charge in [0.25, 0.3) is 0 Å². The highest BCUT2D eigenvalue weighted by atomic mass is 19.4. The van der Waals surface area contributed by atoms with Crippen molar-refractivity contribution in [1.82, 2.24) is 9.97 Å². The van der Waals surface area contributed by atoms with Crippen LogP contribution >= 0.6 is 0 Å². The minimum atomic E-state index is -4.74. The van der Waals surface area contributed by atoms with Crippen molar-refractivity contribution >= 4 is 41.7 Å². The van der Waals surface area contributed by atoms with Crippen molar-refractivity contribution in [1.29, 1.82) is 0 Å². The highest BCUT2D eigenvalue weighted by Gasteiger charge is 2.33. The number of nitrogen functional groups attached to an aromatic ring is 1. The molecule has 0 aliphatic heterocycles. The number of Topliss-reactive ketones (excluding diaryl/α,β-unsaturated/α-hetero) is 1. The first-order chi connectivity index (χ1) is 33.5. The zero-order valence-electron chi connectivity index (χ0n) is 39.3. The van der Waals surface area contributed by atoms with Crippen LogP contribution in [0.25, 0.3) is 44.1 Å². The number of methoxy groups -OCH3 is 3. The third-order valence-electron chi connectivity index (χ3n) is 9.99. The maximum absolute atomic E-state index is 12.7. The number of ether oxygens (including phenoxy) is 6. The summed E-state index contributed by atoms with van der Waals surface area (Å²) < 4.78 is 137. The Balaban J connectivity index is 0.000000216. The van der Waals surface area contributed by atoms with Crippen molar-refractivity contribution in [2.24, 2.45) is 5.84 Å². The van der Waals surface area contributed by atoms with Gasteiger partial charge >= 0.3 is 19.1 Å². The fourth-order valence-electron chi connectivity index (χ4n) is 7.13. The molecule has 0 fully saturated rings. The Bertz CT molecular complexity index is 2990. The lowest BCUT2D eigenvalue weighted by Crippen LogP contribution is -2.17. The minimum Gasteiger partial charge on any atom is -0.497 e. The molecule has 8 rings (SSSR count). The number of alkyl halides is 9. The summed E-state index contributed by atoms with van der Waals surface area (Å²) in [5.41, 5.74) is 9.78. The maximum atomic E-state index is 12.7. The van der Waals surface area contributed by atoms with Crippen LogP contribution in [0.4, 0.5) is 45.2 Å². The number of aromatic amines is 2. The molecule has 0 aliphatic rings. The van der Waals surface area contributed by atoms with Gasteiger partial charge in [0.05, 0.1) is 27.0 Å². The largest absolute Gasteiger partial charge is 0.573 e. The van der Waals surface area contributed by atoms with Crippen molar-refractivity contribution in [3.63, 3.8) is 0 Å². The van der Waals surface area contributed by atoms with E-state index < -0.39 is 19.1 Å². The van der Waals surface area contributed by atoms with E-state index in [1.165, 1.54) is 42.5 Å². The van der Waals surface area contributed by atoms with Crippen LogP contribution in [0.15, 0.2) is 133 Å². The van der Waals surface area contributed by atoms with Gasteiger partial charge in [-0.2, -0.15) is 0 Å². The molecule has 0 unspecified atom stereocenters. The van der Waals surface area contributed by atoms with Crippen LogP contribution in [0, 0.1) is 13.8 Å². The molecule has 11 nitrogen and oxygen atoms in total. The van der Waals surface area contributed by atoms with Gasteiger partial charge in [0.15, 0.2) is 0 Å². The second-order valence-corrected chi connectivity index (χ2v) is 15.1. The SMILES string of the molecule is COc1ccc(-c2c(C)[nH]c3cc(OC(F)(F)F)ccc23)cc1.COc1ccc(-c2c(C)[nH]c3cccc(OC(F)(F)F)c23)cc1.COc1ccc(CC(C)=O)cc1.NNc1cccc(OC(F)(F)F)c1.[B]. The number of anilines is 1. The first-order valence-corrected chi connectivity index (χ1v) is 21.0. The number of nitrogens with two attached hydrogens (primary N) is 1. The van der Waals surface area contributed by atoms with Gasteiger partial charge in [-0.05, 0) is 110 Å². The van der Waals surface area contributed by atoms with Crippen LogP contribution < -0.4 is 39.7 Å². The van der Waals surface area contributed by atoms with Crippen LogP contribution in [0.3, 0.4) is 0 Å². The molecule has 21 heteroatoms. The summed E-state index contributed by atoms with van der Waals surface area (Å²) in [6.07, 6.45) is -13.6. The van der Waals surface area contributed by atoms with Gasteiger partial charge in [-0.1, -0.05) is 48.5 Å². The van der Waals surface area contributed by atoms with Crippen molar-refractivity contribution < 1.29 is 72.7 Å². The van der Waals surface area contributed by atoms with E-state index in [4.69, 9.17) is 20.1 Å². The second-order valence-electron chi connectivity index (χ2n) is 15.1. The predicted octanol–water partition coefficient (Wildman–Crippen LogP) is 13.4. The highest BCUT2D eigenvalue weighted by molar-refractivity contribution is 6.02. The number of hydrogen-bond acceptors (Lipinski definition) is 9. The maximum Gasteiger partial charge on any atom is 0.573 e. The summed E-state index contributed by atoms with van der Waals surface area (Å²) in [4.78, 5) is 16.9. The van der Waals surface area contributed by atoms with Crippen LogP contribution in [0.2, 0.25) is 0 Å². The van der Waals surface area contributed by atoms with Crippen molar-refractivity contribution in [3.8, 4) is 56.8 Å². The molecule has 2 heterocycles. The Morgan fingerprint density at radius 3 is 1.47 bits per heavy atom. The minimum absolute atomic E-state index is 0. The van der Waals surface area contributed by atoms with E-state index in [9.17, 15) is 44.3 Å². The third-order valence-corrected chi connectivity index (χ3v) is 9.99. The number of aromatic nitrogens is 2. The van der Waals surface area contributed by atoms with E-state index in [0.29, 0.717) is 39.8 Å². The third kappa shape index (κ3) is 16.6.